The van der Waals surface area contributed by atoms with Gasteiger partial charge in [0.25, 0.3) is 0 Å². The summed E-state index contributed by atoms with van der Waals surface area (Å²) < 4.78 is 45.4. The minimum Gasteiger partial charge on any atom is -0.443 e. The third-order valence-electron chi connectivity index (χ3n) is 4.66. The molecule has 2 atom stereocenters. The molecule has 1 amide bonds. The lowest BCUT2D eigenvalue weighted by Crippen LogP contribution is -2.44. The van der Waals surface area contributed by atoms with Crippen molar-refractivity contribution in [3.8, 4) is 0 Å². The van der Waals surface area contributed by atoms with Crippen LogP contribution in [-0.2, 0) is 29.3 Å². The van der Waals surface area contributed by atoms with Crippen LogP contribution in [-0.4, -0.2) is 40.4 Å². The van der Waals surface area contributed by atoms with Crippen LogP contribution in [0.15, 0.2) is 18.2 Å². The van der Waals surface area contributed by atoms with Gasteiger partial charge < -0.3 is 13.8 Å². The van der Waals surface area contributed by atoms with Crippen molar-refractivity contribution in [1.29, 1.82) is 0 Å². The summed E-state index contributed by atoms with van der Waals surface area (Å²) in [5.74, 6) is 0. The summed E-state index contributed by atoms with van der Waals surface area (Å²) in [6, 6.07) is 4.91. The summed E-state index contributed by atoms with van der Waals surface area (Å²) in [6.07, 6.45) is 0.0658. The van der Waals surface area contributed by atoms with Crippen molar-refractivity contribution in [2.24, 2.45) is 0 Å². The van der Waals surface area contributed by atoms with E-state index in [1.165, 1.54) is 4.90 Å². The zero-order valence-corrected chi connectivity index (χ0v) is 22.1. The van der Waals surface area contributed by atoms with Gasteiger partial charge in [-0.25, -0.2) is 13.7 Å². The number of nitrogens with zero attached hydrogens (tertiary/aromatic N) is 1. The van der Waals surface area contributed by atoms with E-state index in [2.05, 4.69) is 4.72 Å². The van der Waals surface area contributed by atoms with Gasteiger partial charge in [0.05, 0.1) is 39.9 Å². The Morgan fingerprint density at radius 2 is 1.75 bits per heavy atom. The molecule has 0 aromatic heterocycles. The summed E-state index contributed by atoms with van der Waals surface area (Å²) >= 11 is 0. The molecule has 10 heteroatoms. The van der Waals surface area contributed by atoms with E-state index in [4.69, 9.17) is 13.8 Å². The Morgan fingerprint density at radius 3 is 2.25 bits per heavy atom. The number of hydrogen-bond acceptors (Lipinski definition) is 6. The van der Waals surface area contributed by atoms with Crippen molar-refractivity contribution in [3.63, 3.8) is 0 Å². The molecule has 2 rings (SSSR count). The predicted molar refractivity (Wildman–Crippen MR) is 129 cm³/mol. The van der Waals surface area contributed by atoms with Gasteiger partial charge >= 0.3 is 13.7 Å². The zero-order valence-electron chi connectivity index (χ0n) is 20.4. The molecule has 1 aromatic rings. The van der Waals surface area contributed by atoms with Crippen molar-refractivity contribution in [2.75, 3.05) is 24.7 Å². The molecule has 1 aliphatic rings. The first-order chi connectivity index (χ1) is 14.7. The van der Waals surface area contributed by atoms with E-state index in [0.29, 0.717) is 24.0 Å². The molecule has 0 saturated heterocycles. The number of carbonyl (C=O) groups is 1. The third kappa shape index (κ3) is 6.64. The zero-order chi connectivity index (χ0) is 24.3. The molecule has 1 N–H and O–H groups in total. The number of benzene rings is 1. The molecular weight excluding hydrogens is 451 g/mol. The highest BCUT2D eigenvalue weighted by Crippen LogP contribution is 2.48. The van der Waals surface area contributed by atoms with E-state index in [1.54, 1.807) is 52.8 Å². The van der Waals surface area contributed by atoms with Crippen LogP contribution in [0.5, 0.6) is 0 Å². The Balaban J connectivity index is 2.54. The van der Waals surface area contributed by atoms with Crippen molar-refractivity contribution < 1.29 is 27.4 Å². The first-order valence-corrected chi connectivity index (χ1v) is 13.6. The highest BCUT2D eigenvalue weighted by Gasteiger charge is 2.36. The minimum absolute atomic E-state index is 0.221. The van der Waals surface area contributed by atoms with E-state index < -0.39 is 35.0 Å². The average Bonchev–Trinajstić information content (AvgIpc) is 2.66. The summed E-state index contributed by atoms with van der Waals surface area (Å²) in [5, 5.41) is 0.367. The molecule has 1 heterocycles. The second kappa shape index (κ2) is 10.3. The van der Waals surface area contributed by atoms with Gasteiger partial charge in [0.15, 0.2) is 0 Å². The lowest BCUT2D eigenvalue weighted by Gasteiger charge is -2.36. The highest BCUT2D eigenvalue weighted by molar-refractivity contribution is 7.84. The highest BCUT2D eigenvalue weighted by atomic mass is 32.2. The van der Waals surface area contributed by atoms with Crippen LogP contribution >= 0.6 is 7.60 Å². The Bertz CT molecular complexity index is 883. The van der Waals surface area contributed by atoms with Crippen LogP contribution in [0.3, 0.4) is 0 Å². The van der Waals surface area contributed by atoms with Crippen molar-refractivity contribution in [1.82, 2.24) is 4.72 Å². The molecule has 0 saturated carbocycles. The SMILES string of the molecule is CCOP(=O)(OCC)c1ccc2c(c1)N(C(=O)OC(C)(C)C)CCC2NS(=O)C(C)(C)C. The Kier molecular flexibility index (Phi) is 8.73. The molecule has 0 bridgehead atoms. The fourth-order valence-electron chi connectivity index (χ4n) is 3.23. The fraction of sp³-hybridized carbons (Fsp3) is 0.682. The minimum atomic E-state index is -3.55. The standard InChI is InChI=1S/C22H37N2O6PS/c1-9-28-31(26,29-10-2)16-11-12-17-18(23-32(27)22(6,7)8)13-14-24(19(17)15-16)20(25)30-21(3,4)5/h11-12,15,18,23H,9-10,13-14H2,1-8H3. The third-order valence-corrected chi connectivity index (χ3v) is 8.37. The van der Waals surface area contributed by atoms with Crippen molar-refractivity contribution in [3.05, 3.63) is 23.8 Å². The van der Waals surface area contributed by atoms with Gasteiger partial charge in [0.1, 0.15) is 5.60 Å². The summed E-state index contributed by atoms with van der Waals surface area (Å²) in [5.41, 5.74) is 0.665. The molecule has 0 fully saturated rings. The van der Waals surface area contributed by atoms with E-state index in [1.807, 2.05) is 20.8 Å². The topological polar surface area (TPSA) is 94.2 Å². The second-order valence-electron chi connectivity index (χ2n) is 9.55. The largest absolute Gasteiger partial charge is 0.443 e. The lowest BCUT2D eigenvalue weighted by molar-refractivity contribution is 0.0576. The maximum Gasteiger partial charge on any atom is 0.414 e. The average molecular weight is 489 g/mol. The van der Waals surface area contributed by atoms with Gasteiger partial charge in [-0.15, -0.1) is 0 Å². The monoisotopic (exact) mass is 488 g/mol. The Morgan fingerprint density at radius 1 is 1.16 bits per heavy atom. The van der Waals surface area contributed by atoms with Crippen molar-refractivity contribution in [2.45, 2.75) is 78.2 Å². The number of anilines is 1. The normalized spacial score (nSPS) is 18.2. The second-order valence-corrected chi connectivity index (χ2v) is 13.6. The fourth-order valence-corrected chi connectivity index (χ4v) is 5.67. The molecule has 0 spiro atoms. The van der Waals surface area contributed by atoms with Gasteiger partial charge in [0, 0.05) is 12.6 Å². The molecule has 8 nitrogen and oxygen atoms in total. The van der Waals surface area contributed by atoms with E-state index in [9.17, 15) is 13.6 Å². The van der Waals surface area contributed by atoms with Crippen LogP contribution in [0, 0.1) is 0 Å². The van der Waals surface area contributed by atoms with Crippen LogP contribution in [0.2, 0.25) is 0 Å². The molecule has 2 unspecified atom stereocenters. The van der Waals surface area contributed by atoms with E-state index in [0.717, 1.165) is 5.56 Å². The van der Waals surface area contributed by atoms with Gasteiger partial charge in [-0.2, -0.15) is 0 Å². The molecule has 1 aliphatic heterocycles. The van der Waals surface area contributed by atoms with Gasteiger partial charge in [-0.3, -0.25) is 9.46 Å². The van der Waals surface area contributed by atoms with Crippen LogP contribution < -0.4 is 14.9 Å². The van der Waals surface area contributed by atoms with Gasteiger partial charge in [-0.05, 0) is 79.5 Å². The molecular formula is C22H37N2O6PS. The van der Waals surface area contributed by atoms with Gasteiger partial charge in [-0.1, -0.05) is 6.07 Å². The Labute approximate surface area is 194 Å². The number of hydrogen-bond donors (Lipinski definition) is 1. The summed E-state index contributed by atoms with van der Waals surface area (Å²) in [7, 11) is -4.85. The number of rotatable bonds is 7. The van der Waals surface area contributed by atoms with Crippen molar-refractivity contribution >= 4 is 35.7 Å². The van der Waals surface area contributed by atoms with E-state index >= 15 is 0 Å². The van der Waals surface area contributed by atoms with Crippen LogP contribution in [0.4, 0.5) is 10.5 Å². The molecule has 182 valence electrons. The number of nitrogens with one attached hydrogen (secondary N) is 1. The lowest BCUT2D eigenvalue weighted by atomic mass is 9.97. The smallest absolute Gasteiger partial charge is 0.414 e. The molecule has 32 heavy (non-hydrogen) atoms. The summed E-state index contributed by atoms with van der Waals surface area (Å²) in [6.45, 7) is 15.4. The maximum absolute atomic E-state index is 13.4. The Hall–Kier alpha value is -1.25. The van der Waals surface area contributed by atoms with E-state index in [-0.39, 0.29) is 19.3 Å². The number of amides is 1. The number of carbonyl (C=O) groups excluding carboxylic acids is 1. The summed E-state index contributed by atoms with van der Waals surface area (Å²) in [4.78, 5) is 14.5. The first kappa shape index (κ1) is 27.0. The quantitative estimate of drug-likeness (QED) is 0.553. The molecule has 1 aromatic carbocycles. The first-order valence-electron chi connectivity index (χ1n) is 10.9. The molecule has 0 radical (unpaired) electrons. The van der Waals surface area contributed by atoms with Crippen LogP contribution in [0.1, 0.15) is 73.4 Å². The van der Waals surface area contributed by atoms with Crippen LogP contribution in [0.25, 0.3) is 0 Å². The maximum atomic E-state index is 13.4. The predicted octanol–water partition coefficient (Wildman–Crippen LogP) is 4.82. The number of fused-ring (bicyclic) bond motifs is 1. The van der Waals surface area contributed by atoms with Gasteiger partial charge in [0.2, 0.25) is 0 Å². The number of ether oxygens (including phenoxy) is 1. The molecule has 0 aliphatic carbocycles.